The first-order valence-electron chi connectivity index (χ1n) is 8.53. The summed E-state index contributed by atoms with van der Waals surface area (Å²) < 4.78 is 6.89. The van der Waals surface area contributed by atoms with Gasteiger partial charge in [-0.2, -0.15) is 4.68 Å². The molecule has 2 aromatic rings. The first kappa shape index (κ1) is 15.2. The number of aromatic nitrogens is 5. The van der Waals surface area contributed by atoms with Gasteiger partial charge < -0.3 is 4.74 Å². The molecule has 2 fully saturated rings. The summed E-state index contributed by atoms with van der Waals surface area (Å²) in [6.45, 7) is 6.03. The van der Waals surface area contributed by atoms with Crippen molar-refractivity contribution >= 4 is 5.97 Å². The van der Waals surface area contributed by atoms with Gasteiger partial charge in [-0.3, -0.25) is 4.79 Å². The predicted octanol–water partition coefficient (Wildman–Crippen LogP) is 2.22. The van der Waals surface area contributed by atoms with E-state index in [1.165, 1.54) is 0 Å². The number of carbonyl (C=O) groups excluding carboxylic acids is 1. The average Bonchev–Trinajstić information content (AvgIpc) is 3.45. The maximum absolute atomic E-state index is 11.9. The summed E-state index contributed by atoms with van der Waals surface area (Å²) in [5.74, 6) is 3.51. The second-order valence-electron chi connectivity index (χ2n) is 6.60. The number of esters is 1. The lowest BCUT2D eigenvalue weighted by molar-refractivity contribution is -0.144. The van der Waals surface area contributed by atoms with Gasteiger partial charge in [-0.15, -0.1) is 5.10 Å². The van der Waals surface area contributed by atoms with Gasteiger partial charge in [-0.05, 0) is 40.0 Å². The van der Waals surface area contributed by atoms with Crippen LogP contribution in [0.5, 0.6) is 0 Å². The van der Waals surface area contributed by atoms with E-state index >= 15 is 0 Å². The molecule has 2 aliphatic carbocycles. The topological polar surface area (TPSA) is 82.8 Å². The zero-order chi connectivity index (χ0) is 16.8. The highest BCUT2D eigenvalue weighted by Crippen LogP contribution is 2.48. The summed E-state index contributed by atoms with van der Waals surface area (Å²) in [4.78, 5) is 25.7. The summed E-state index contributed by atoms with van der Waals surface area (Å²) in [6, 6.07) is 1.94. The van der Waals surface area contributed by atoms with Gasteiger partial charge in [0.05, 0.1) is 18.2 Å². The summed E-state index contributed by atoms with van der Waals surface area (Å²) in [5, 5.41) is 4.43. The van der Waals surface area contributed by atoms with Crippen molar-refractivity contribution in [3.8, 4) is 5.82 Å². The molecule has 2 saturated carbocycles. The molecule has 0 saturated heterocycles. The quantitative estimate of drug-likeness (QED) is 0.783. The third-order valence-corrected chi connectivity index (χ3v) is 4.54. The molecule has 0 amide bonds. The second-order valence-corrected chi connectivity index (χ2v) is 6.60. The fourth-order valence-corrected chi connectivity index (χ4v) is 3.06. The monoisotopic (exact) mass is 327 g/mol. The average molecular weight is 327 g/mol. The van der Waals surface area contributed by atoms with Crippen molar-refractivity contribution in [2.75, 3.05) is 6.61 Å². The van der Waals surface area contributed by atoms with Gasteiger partial charge >= 0.3 is 5.97 Å². The van der Waals surface area contributed by atoms with Crippen molar-refractivity contribution in [3.63, 3.8) is 0 Å². The van der Waals surface area contributed by atoms with E-state index in [2.05, 4.69) is 15.1 Å². The Labute approximate surface area is 140 Å². The lowest BCUT2D eigenvalue weighted by atomic mass is 10.2. The number of hydrogen-bond donors (Lipinski definition) is 0. The zero-order valence-corrected chi connectivity index (χ0v) is 14.2. The molecule has 0 aromatic carbocycles. The Bertz CT molecular complexity index is 796. The Kier molecular flexibility index (Phi) is 3.58. The molecule has 2 aromatic heterocycles. The second kappa shape index (κ2) is 5.65. The van der Waals surface area contributed by atoms with Crippen molar-refractivity contribution < 1.29 is 9.53 Å². The smallest absolute Gasteiger partial charge is 0.309 e. The van der Waals surface area contributed by atoms with Crippen LogP contribution in [-0.2, 0) is 9.53 Å². The molecule has 0 N–H and O–H groups in total. The molecule has 0 radical (unpaired) electrons. The number of aryl methyl sites for hydroxylation is 2. The Morgan fingerprint density at radius 3 is 2.71 bits per heavy atom. The summed E-state index contributed by atoms with van der Waals surface area (Å²) >= 11 is 0. The van der Waals surface area contributed by atoms with Gasteiger partial charge in [0, 0.05) is 17.9 Å². The van der Waals surface area contributed by atoms with Crippen LogP contribution in [0.3, 0.4) is 0 Å². The van der Waals surface area contributed by atoms with Crippen LogP contribution in [0.4, 0.5) is 0 Å². The van der Waals surface area contributed by atoms with E-state index in [9.17, 15) is 4.79 Å². The van der Waals surface area contributed by atoms with Crippen molar-refractivity contribution in [2.24, 2.45) is 5.92 Å². The van der Waals surface area contributed by atoms with Crippen LogP contribution < -0.4 is 0 Å². The molecule has 4 rings (SSSR count). The Morgan fingerprint density at radius 2 is 2.08 bits per heavy atom. The fraction of sp³-hybridized carbons (Fsp3) is 0.588. The lowest BCUT2D eigenvalue weighted by Crippen LogP contribution is -2.10. The first-order valence-corrected chi connectivity index (χ1v) is 8.53. The highest BCUT2D eigenvalue weighted by molar-refractivity contribution is 5.77. The van der Waals surface area contributed by atoms with E-state index in [-0.39, 0.29) is 17.8 Å². The van der Waals surface area contributed by atoms with Crippen LogP contribution in [-0.4, -0.2) is 37.3 Å². The van der Waals surface area contributed by atoms with E-state index in [4.69, 9.17) is 9.72 Å². The van der Waals surface area contributed by atoms with Gasteiger partial charge in [0.2, 0.25) is 0 Å². The maximum atomic E-state index is 11.9. The van der Waals surface area contributed by atoms with Crippen molar-refractivity contribution in [1.29, 1.82) is 0 Å². The molecule has 7 nitrogen and oxygen atoms in total. The molecule has 24 heavy (non-hydrogen) atoms. The minimum Gasteiger partial charge on any atom is -0.466 e. The maximum Gasteiger partial charge on any atom is 0.309 e. The van der Waals surface area contributed by atoms with Crippen molar-refractivity contribution in [2.45, 2.75) is 51.9 Å². The van der Waals surface area contributed by atoms with Crippen LogP contribution in [0.1, 0.15) is 61.2 Å². The highest BCUT2D eigenvalue weighted by Gasteiger charge is 2.47. The molecular formula is C17H21N5O2. The molecule has 2 heterocycles. The van der Waals surface area contributed by atoms with Crippen LogP contribution in [0, 0.1) is 19.8 Å². The zero-order valence-electron chi connectivity index (χ0n) is 14.2. The molecular weight excluding hydrogens is 306 g/mol. The predicted molar refractivity (Wildman–Crippen MR) is 85.9 cm³/mol. The molecule has 7 heteroatoms. The minimum atomic E-state index is -0.122. The SMILES string of the molecule is CCOC(=O)[C@H]1CC1c1cc(-n2nc(C)nc2C)nc(C2CC2)n1. The Balaban J connectivity index is 1.68. The molecule has 2 aliphatic rings. The van der Waals surface area contributed by atoms with E-state index in [1.807, 2.05) is 26.8 Å². The standard InChI is InChI=1S/C17H21N5O2/c1-4-24-17(23)13-7-12(13)14-8-15(20-16(19-14)11-5-6-11)22-10(3)18-9(2)21-22/h8,11-13H,4-7H2,1-3H3/t12?,13-/m0/s1. The molecule has 0 aliphatic heterocycles. The number of nitrogens with zero attached hydrogens (tertiary/aromatic N) is 5. The third kappa shape index (κ3) is 2.79. The number of carbonyl (C=O) groups is 1. The van der Waals surface area contributed by atoms with E-state index in [0.29, 0.717) is 12.5 Å². The summed E-state index contributed by atoms with van der Waals surface area (Å²) in [7, 11) is 0. The molecule has 1 unspecified atom stereocenters. The number of ether oxygens (including phenoxy) is 1. The lowest BCUT2D eigenvalue weighted by Gasteiger charge is -2.08. The van der Waals surface area contributed by atoms with E-state index in [0.717, 1.165) is 48.2 Å². The van der Waals surface area contributed by atoms with Crippen molar-refractivity contribution in [3.05, 3.63) is 29.2 Å². The van der Waals surface area contributed by atoms with Crippen LogP contribution in [0.2, 0.25) is 0 Å². The Morgan fingerprint density at radius 1 is 1.29 bits per heavy atom. The number of rotatable bonds is 5. The number of hydrogen-bond acceptors (Lipinski definition) is 6. The van der Waals surface area contributed by atoms with Crippen LogP contribution >= 0.6 is 0 Å². The van der Waals surface area contributed by atoms with Gasteiger partial charge in [-0.25, -0.2) is 15.0 Å². The normalized spacial score (nSPS) is 22.5. The van der Waals surface area contributed by atoms with Gasteiger partial charge in [-0.1, -0.05) is 0 Å². The van der Waals surface area contributed by atoms with Crippen molar-refractivity contribution in [1.82, 2.24) is 24.7 Å². The molecule has 2 atom stereocenters. The third-order valence-electron chi connectivity index (χ3n) is 4.54. The van der Waals surface area contributed by atoms with Gasteiger partial charge in [0.25, 0.3) is 0 Å². The first-order chi connectivity index (χ1) is 11.6. The summed E-state index contributed by atoms with van der Waals surface area (Å²) in [5.41, 5.74) is 0.924. The van der Waals surface area contributed by atoms with Crippen LogP contribution in [0.15, 0.2) is 6.07 Å². The van der Waals surface area contributed by atoms with Crippen LogP contribution in [0.25, 0.3) is 5.82 Å². The minimum absolute atomic E-state index is 0.0710. The van der Waals surface area contributed by atoms with Gasteiger partial charge in [0.15, 0.2) is 5.82 Å². The molecule has 0 bridgehead atoms. The molecule has 0 spiro atoms. The Hall–Kier alpha value is -2.31. The van der Waals surface area contributed by atoms with Gasteiger partial charge in [0.1, 0.15) is 17.5 Å². The molecule has 126 valence electrons. The van der Waals surface area contributed by atoms with E-state index < -0.39 is 0 Å². The highest BCUT2D eigenvalue weighted by atomic mass is 16.5. The fourth-order valence-electron chi connectivity index (χ4n) is 3.06. The summed E-state index contributed by atoms with van der Waals surface area (Å²) in [6.07, 6.45) is 3.06. The van der Waals surface area contributed by atoms with E-state index in [1.54, 1.807) is 4.68 Å². The largest absolute Gasteiger partial charge is 0.466 e.